The molecule has 39 heavy (non-hydrogen) atoms. The van der Waals surface area contributed by atoms with Crippen LogP contribution in [0.15, 0.2) is 42.5 Å². The van der Waals surface area contributed by atoms with Crippen LogP contribution in [-0.4, -0.2) is 58.2 Å². The smallest absolute Gasteiger partial charge is 0.398 e. The molecule has 0 spiro atoms. The highest BCUT2D eigenvalue weighted by molar-refractivity contribution is 6.42. The zero-order valence-corrected chi connectivity index (χ0v) is 20.7. The summed E-state index contributed by atoms with van der Waals surface area (Å²) >= 11 is 0. The lowest BCUT2D eigenvalue weighted by molar-refractivity contribution is -0.160. The maximum absolute atomic E-state index is 13.3. The van der Waals surface area contributed by atoms with Gasteiger partial charge in [0.15, 0.2) is 0 Å². The van der Waals surface area contributed by atoms with Crippen molar-refractivity contribution in [2.24, 2.45) is 5.73 Å². The number of hydrogen-bond acceptors (Lipinski definition) is 5. The fraction of sp³-hybridized carbons (Fsp3) is 0.370. The van der Waals surface area contributed by atoms with Crippen LogP contribution in [-0.2, 0) is 32.8 Å². The summed E-state index contributed by atoms with van der Waals surface area (Å²) in [5.74, 6) is -4.11. The summed E-state index contributed by atoms with van der Waals surface area (Å²) in [5.41, 5.74) is 5.31. The number of hydrogen-bond donors (Lipinski definition) is 3. The van der Waals surface area contributed by atoms with Crippen molar-refractivity contribution in [3.63, 3.8) is 0 Å². The maximum atomic E-state index is 13.3. The lowest BCUT2D eigenvalue weighted by Crippen LogP contribution is -2.45. The molecule has 1 saturated carbocycles. The average Bonchev–Trinajstić information content (AvgIpc) is 3.64. The van der Waals surface area contributed by atoms with Gasteiger partial charge < -0.3 is 21.1 Å². The molecule has 4 rings (SSSR count). The topological polar surface area (TPSA) is 147 Å². The number of primary amides is 1. The predicted molar refractivity (Wildman–Crippen MR) is 131 cm³/mol. The standard InChI is InChI=1S/C27H26F3N3O6/c28-27(29,30)26(10-11-26)18-4-2-16(3-5-18)22(36)24(38)32-12-9-15-1-6-19-17(13-15)14-33(25(19)39)20(23(31)37)7-8-21(34)35/h1-6,13,20H,7-12,14H2,(H2,31,37)(H,32,38)(H,34,35). The van der Waals surface area contributed by atoms with E-state index >= 15 is 0 Å². The van der Waals surface area contributed by atoms with E-state index < -0.39 is 47.1 Å². The Kier molecular flexibility index (Phi) is 7.49. The summed E-state index contributed by atoms with van der Waals surface area (Å²) in [4.78, 5) is 61.5. The van der Waals surface area contributed by atoms with Gasteiger partial charge >= 0.3 is 12.1 Å². The van der Waals surface area contributed by atoms with E-state index in [1.807, 2.05) is 0 Å². The molecular weight excluding hydrogens is 519 g/mol. The minimum atomic E-state index is -4.37. The Hall–Kier alpha value is -4.22. The number of nitrogens with one attached hydrogen (secondary N) is 1. The number of alkyl halides is 3. The van der Waals surface area contributed by atoms with Gasteiger partial charge in [0.25, 0.3) is 11.8 Å². The third kappa shape index (κ3) is 5.64. The number of nitrogens with two attached hydrogens (primary N) is 1. The van der Waals surface area contributed by atoms with Crippen molar-refractivity contribution in [1.82, 2.24) is 10.2 Å². The molecule has 206 valence electrons. The largest absolute Gasteiger partial charge is 0.481 e. The number of nitrogens with zero attached hydrogens (tertiary/aromatic N) is 1. The van der Waals surface area contributed by atoms with E-state index in [0.29, 0.717) is 17.5 Å². The summed E-state index contributed by atoms with van der Waals surface area (Å²) in [5, 5.41) is 11.4. The number of fused-ring (bicyclic) bond motifs is 1. The van der Waals surface area contributed by atoms with Crippen molar-refractivity contribution in [2.45, 2.75) is 56.3 Å². The molecule has 1 fully saturated rings. The van der Waals surface area contributed by atoms with Gasteiger partial charge in [-0.15, -0.1) is 0 Å². The van der Waals surface area contributed by atoms with E-state index in [0.717, 1.165) is 5.56 Å². The zero-order valence-electron chi connectivity index (χ0n) is 20.7. The maximum Gasteiger partial charge on any atom is 0.398 e. The summed E-state index contributed by atoms with van der Waals surface area (Å²) in [6.07, 6.45) is -4.50. The summed E-state index contributed by atoms with van der Waals surface area (Å²) in [6.45, 7) is 0.157. The van der Waals surface area contributed by atoms with Gasteiger partial charge in [-0.25, -0.2) is 0 Å². The molecule has 3 amide bonds. The van der Waals surface area contributed by atoms with Gasteiger partial charge in [-0.05, 0) is 48.4 Å². The van der Waals surface area contributed by atoms with Crippen molar-refractivity contribution in [3.05, 3.63) is 70.3 Å². The third-order valence-corrected chi connectivity index (χ3v) is 7.24. The molecule has 1 atom stereocenters. The van der Waals surface area contributed by atoms with E-state index in [2.05, 4.69) is 5.32 Å². The fourth-order valence-corrected chi connectivity index (χ4v) is 4.85. The first-order valence-electron chi connectivity index (χ1n) is 12.3. The molecule has 1 aliphatic carbocycles. The molecule has 2 aromatic carbocycles. The van der Waals surface area contributed by atoms with E-state index in [1.54, 1.807) is 18.2 Å². The SMILES string of the molecule is NC(=O)C(CCC(=O)O)N1Cc2cc(CCNC(=O)C(=O)c3ccc(C4(C(F)(F)F)CC4)cc3)ccc2C1=O. The number of halogens is 3. The number of aliphatic carboxylic acids is 1. The predicted octanol–water partition coefficient (Wildman–Crippen LogP) is 2.50. The van der Waals surface area contributed by atoms with Crippen molar-refractivity contribution < 1.29 is 42.3 Å². The minimum absolute atomic E-state index is 0.00435. The van der Waals surface area contributed by atoms with Gasteiger partial charge in [0.05, 0.1) is 5.41 Å². The number of carbonyl (C=O) groups is 5. The van der Waals surface area contributed by atoms with Crippen LogP contribution in [0.4, 0.5) is 13.2 Å². The molecule has 1 heterocycles. The first-order valence-corrected chi connectivity index (χ1v) is 12.3. The normalized spacial score (nSPS) is 16.4. The van der Waals surface area contributed by atoms with Gasteiger partial charge in [-0.3, -0.25) is 24.0 Å². The van der Waals surface area contributed by atoms with Crippen LogP contribution in [0, 0.1) is 0 Å². The van der Waals surface area contributed by atoms with Gasteiger partial charge in [-0.1, -0.05) is 36.4 Å². The highest BCUT2D eigenvalue weighted by atomic mass is 19.4. The van der Waals surface area contributed by atoms with Crippen molar-refractivity contribution in [2.75, 3.05) is 6.54 Å². The van der Waals surface area contributed by atoms with Crippen LogP contribution < -0.4 is 11.1 Å². The molecule has 1 aliphatic heterocycles. The van der Waals surface area contributed by atoms with Gasteiger partial charge in [0, 0.05) is 30.6 Å². The number of benzene rings is 2. The molecule has 2 aliphatic rings. The first-order chi connectivity index (χ1) is 18.3. The molecule has 0 aromatic heterocycles. The minimum Gasteiger partial charge on any atom is -0.481 e. The van der Waals surface area contributed by atoms with E-state index in [9.17, 15) is 37.1 Å². The highest BCUT2D eigenvalue weighted by Gasteiger charge is 2.64. The van der Waals surface area contributed by atoms with E-state index in [-0.39, 0.29) is 49.9 Å². The number of amides is 3. The monoisotopic (exact) mass is 545 g/mol. The summed E-state index contributed by atoms with van der Waals surface area (Å²) < 4.78 is 39.9. The molecule has 1 unspecified atom stereocenters. The Morgan fingerprint density at radius 1 is 1.08 bits per heavy atom. The third-order valence-electron chi connectivity index (χ3n) is 7.24. The Morgan fingerprint density at radius 2 is 1.74 bits per heavy atom. The Labute approximate surface area is 221 Å². The number of rotatable bonds is 11. The molecule has 0 saturated heterocycles. The molecular formula is C27H26F3N3O6. The molecule has 0 radical (unpaired) electrons. The van der Waals surface area contributed by atoms with Gasteiger partial charge in [0.2, 0.25) is 11.7 Å². The number of carbonyl (C=O) groups excluding carboxylic acids is 4. The fourth-order valence-electron chi connectivity index (χ4n) is 4.85. The summed E-state index contributed by atoms with van der Waals surface area (Å²) in [7, 11) is 0. The first kappa shape index (κ1) is 27.8. The molecule has 9 nitrogen and oxygen atoms in total. The quantitative estimate of drug-likeness (QED) is 0.292. The van der Waals surface area contributed by atoms with Crippen molar-refractivity contribution >= 4 is 29.5 Å². The molecule has 0 bridgehead atoms. The summed E-state index contributed by atoms with van der Waals surface area (Å²) in [6, 6.07) is 8.82. The average molecular weight is 546 g/mol. The van der Waals surface area contributed by atoms with Crippen LogP contribution in [0.1, 0.15) is 63.1 Å². The zero-order chi connectivity index (χ0) is 28.5. The van der Waals surface area contributed by atoms with Gasteiger partial charge in [0.1, 0.15) is 6.04 Å². The highest BCUT2D eigenvalue weighted by Crippen LogP contribution is 2.58. The number of ketones is 1. The second-order valence-corrected chi connectivity index (χ2v) is 9.77. The number of carboxylic acids is 1. The number of Topliss-reactive ketones (excluding diaryl/α,β-unsaturated/α-hetero) is 1. The lowest BCUT2D eigenvalue weighted by Gasteiger charge is -2.24. The molecule has 2 aromatic rings. The van der Waals surface area contributed by atoms with Crippen molar-refractivity contribution in [1.29, 1.82) is 0 Å². The second-order valence-electron chi connectivity index (χ2n) is 9.77. The van der Waals surface area contributed by atoms with Gasteiger partial charge in [-0.2, -0.15) is 13.2 Å². The van der Waals surface area contributed by atoms with E-state index in [4.69, 9.17) is 10.8 Å². The van der Waals surface area contributed by atoms with Crippen LogP contribution in [0.2, 0.25) is 0 Å². The Balaban J connectivity index is 1.33. The second kappa shape index (κ2) is 10.5. The Bertz CT molecular complexity index is 1340. The van der Waals surface area contributed by atoms with Crippen LogP contribution in [0.5, 0.6) is 0 Å². The van der Waals surface area contributed by atoms with Crippen molar-refractivity contribution in [3.8, 4) is 0 Å². The van der Waals surface area contributed by atoms with Crippen LogP contribution in [0.25, 0.3) is 0 Å². The number of carboxylic acid groups (broad SMARTS) is 1. The Morgan fingerprint density at radius 3 is 2.31 bits per heavy atom. The van der Waals surface area contributed by atoms with E-state index in [1.165, 1.54) is 29.2 Å². The lowest BCUT2D eigenvalue weighted by atomic mass is 9.94. The van der Waals surface area contributed by atoms with Crippen LogP contribution >= 0.6 is 0 Å². The molecule has 12 heteroatoms. The van der Waals surface area contributed by atoms with Crippen LogP contribution in [0.3, 0.4) is 0 Å². The molecule has 4 N–H and O–H groups in total.